The van der Waals surface area contributed by atoms with Crippen molar-refractivity contribution >= 4 is 35.0 Å². The van der Waals surface area contributed by atoms with Crippen LogP contribution >= 0.6 is 0 Å². The number of aromatic nitrogens is 1. The minimum absolute atomic E-state index is 0.00865. The van der Waals surface area contributed by atoms with E-state index < -0.39 is 11.9 Å². The third-order valence-electron chi connectivity index (χ3n) is 10.8. The van der Waals surface area contributed by atoms with E-state index in [1.807, 2.05) is 36.7 Å². The number of amides is 4. The quantitative estimate of drug-likeness (QED) is 0.124. The zero-order chi connectivity index (χ0) is 37.2. The molecule has 13 heteroatoms. The molecule has 4 amide bonds. The topological polar surface area (TPSA) is 162 Å². The van der Waals surface area contributed by atoms with Crippen LogP contribution in [0.1, 0.15) is 52.4 Å². The summed E-state index contributed by atoms with van der Waals surface area (Å²) >= 11 is 0. The summed E-state index contributed by atoms with van der Waals surface area (Å²) in [7, 11) is 0. The van der Waals surface area contributed by atoms with Gasteiger partial charge in [0, 0.05) is 59.8 Å². The molecule has 4 aliphatic rings. The zero-order valence-electron chi connectivity index (χ0n) is 29.7. The molecular formula is C41H42N6O7. The minimum Gasteiger partial charge on any atom is -0.491 e. The lowest BCUT2D eigenvalue weighted by molar-refractivity contribution is -0.137. The number of anilines is 2. The Morgan fingerprint density at radius 2 is 1.80 bits per heavy atom. The molecule has 2 fully saturated rings. The molecule has 278 valence electrons. The minimum atomic E-state index is -0.706. The number of carbonyl (C=O) groups excluding carboxylic acids is 4. The van der Waals surface area contributed by atoms with Crippen LogP contribution in [-0.4, -0.2) is 88.6 Å². The van der Waals surface area contributed by atoms with Gasteiger partial charge < -0.3 is 30.1 Å². The van der Waals surface area contributed by atoms with Gasteiger partial charge in [-0.25, -0.2) is 0 Å². The molecule has 0 aliphatic carbocycles. The second-order valence-corrected chi connectivity index (χ2v) is 14.2. The average molecular weight is 731 g/mol. The van der Waals surface area contributed by atoms with Crippen molar-refractivity contribution in [2.45, 2.75) is 50.5 Å². The molecule has 4 atom stereocenters. The Morgan fingerprint density at radius 1 is 0.963 bits per heavy atom. The lowest BCUT2D eigenvalue weighted by Gasteiger charge is -2.39. The van der Waals surface area contributed by atoms with E-state index >= 15 is 0 Å². The van der Waals surface area contributed by atoms with E-state index in [1.54, 1.807) is 18.2 Å². The van der Waals surface area contributed by atoms with E-state index in [1.165, 1.54) is 16.0 Å². The summed E-state index contributed by atoms with van der Waals surface area (Å²) in [5, 5.41) is 19.1. The number of rotatable bonds is 12. The number of piperidine rings is 1. The maximum Gasteiger partial charge on any atom is 0.255 e. The highest BCUT2D eigenvalue weighted by Gasteiger charge is 2.44. The second-order valence-electron chi connectivity index (χ2n) is 14.2. The fourth-order valence-electron chi connectivity index (χ4n) is 8.28. The summed E-state index contributed by atoms with van der Waals surface area (Å²) in [6.45, 7) is 2.15. The molecule has 3 aromatic carbocycles. The predicted octanol–water partition coefficient (Wildman–Crippen LogP) is 3.89. The number of pyridine rings is 1. The molecule has 0 saturated carbocycles. The van der Waals surface area contributed by atoms with E-state index in [-0.39, 0.29) is 81.5 Å². The Labute approximate surface area is 312 Å². The van der Waals surface area contributed by atoms with Crippen LogP contribution < -0.4 is 20.7 Å². The molecule has 0 bridgehead atoms. The van der Waals surface area contributed by atoms with Gasteiger partial charge >= 0.3 is 0 Å². The summed E-state index contributed by atoms with van der Waals surface area (Å²) in [6, 6.07) is 22.8. The number of aliphatic hydroxyl groups excluding tert-OH is 1. The molecule has 5 heterocycles. The highest BCUT2D eigenvalue weighted by atomic mass is 16.5. The monoisotopic (exact) mass is 730 g/mol. The van der Waals surface area contributed by atoms with Crippen LogP contribution in [0.4, 0.5) is 11.4 Å². The maximum absolute atomic E-state index is 13.1. The van der Waals surface area contributed by atoms with Gasteiger partial charge in [-0.15, -0.1) is 0 Å². The highest BCUT2D eigenvalue weighted by molar-refractivity contribution is 6.05. The second kappa shape index (κ2) is 15.4. The van der Waals surface area contributed by atoms with Gasteiger partial charge in [0.05, 0.1) is 25.8 Å². The van der Waals surface area contributed by atoms with Gasteiger partial charge in [0.2, 0.25) is 17.7 Å². The molecule has 4 N–H and O–H groups in total. The van der Waals surface area contributed by atoms with Crippen LogP contribution in [0.15, 0.2) is 85.2 Å². The van der Waals surface area contributed by atoms with Crippen molar-refractivity contribution in [1.82, 2.24) is 20.1 Å². The van der Waals surface area contributed by atoms with Crippen molar-refractivity contribution in [3.63, 3.8) is 0 Å². The lowest BCUT2D eigenvalue weighted by Crippen LogP contribution is -2.52. The van der Waals surface area contributed by atoms with Gasteiger partial charge in [0.25, 0.3) is 5.91 Å². The molecule has 2 saturated heterocycles. The molecule has 4 aromatic rings. The van der Waals surface area contributed by atoms with Crippen molar-refractivity contribution in [2.75, 3.05) is 43.6 Å². The number of nitrogens with one attached hydrogen (secondary N) is 3. The number of aliphatic hydroxyl groups is 1. The van der Waals surface area contributed by atoms with Crippen LogP contribution in [-0.2, 0) is 32.2 Å². The number of likely N-dealkylation sites (tertiary alicyclic amines) is 1. The van der Waals surface area contributed by atoms with Gasteiger partial charge in [0.1, 0.15) is 25.0 Å². The lowest BCUT2D eigenvalue weighted by atomic mass is 9.82. The average Bonchev–Trinajstić information content (AvgIpc) is 3.76. The number of hydrogen-bond donors (Lipinski definition) is 4. The largest absolute Gasteiger partial charge is 0.491 e. The molecular weight excluding hydrogens is 688 g/mol. The van der Waals surface area contributed by atoms with Gasteiger partial charge in [-0.2, -0.15) is 0 Å². The SMILES string of the molecule is O=C1CCC(N2Cc3c(OCCOCC(=O)Nc4cccc(-c5ccc6c(c5)[C@H]5[C@H](CCN5Cc5ccncc5)[C@@H](CO)N6)c4)cccc3C2=O)C(=O)N1. The maximum atomic E-state index is 13.1. The number of nitrogens with zero attached hydrogens (tertiary/aromatic N) is 3. The fraction of sp³-hybridized carbons (Fsp3) is 0.341. The van der Waals surface area contributed by atoms with Crippen molar-refractivity contribution < 1.29 is 33.8 Å². The van der Waals surface area contributed by atoms with Gasteiger partial charge in [-0.3, -0.25) is 34.4 Å². The molecule has 1 unspecified atom stereocenters. The third-order valence-corrected chi connectivity index (χ3v) is 10.8. The third kappa shape index (κ3) is 7.17. The number of hydrogen-bond acceptors (Lipinski definition) is 10. The standard InChI is InChI=1S/C41H42N6O7/c48-23-34-30-13-16-46(21-25-11-14-42-15-12-25)39(30)31-20-27(7-8-33(31)44-34)26-3-1-4-28(19-26)43-38(50)24-53-17-18-54-36-6-2-5-29-32(36)22-47(41(29)52)35-9-10-37(49)45-40(35)51/h1-8,11-12,14-15,19-20,30,34-35,39,44,48H,9-10,13,16-18,21-24H2,(H,43,50)(H,45,49,51)/t30-,34-,35?,39-/m1/s1. The van der Waals surface area contributed by atoms with Crippen LogP contribution in [0.2, 0.25) is 0 Å². The summed E-state index contributed by atoms with van der Waals surface area (Å²) in [5.74, 6) is -0.578. The van der Waals surface area contributed by atoms with Crippen LogP contribution in [0.5, 0.6) is 5.75 Å². The van der Waals surface area contributed by atoms with Gasteiger partial charge in [-0.1, -0.05) is 24.3 Å². The van der Waals surface area contributed by atoms with E-state index in [2.05, 4.69) is 56.2 Å². The van der Waals surface area contributed by atoms with Crippen molar-refractivity contribution in [3.8, 4) is 16.9 Å². The first-order chi connectivity index (χ1) is 26.4. The number of fused-ring (bicyclic) bond motifs is 4. The van der Waals surface area contributed by atoms with E-state index in [9.17, 15) is 24.3 Å². The molecule has 0 spiro atoms. The number of ether oxygens (including phenoxy) is 2. The van der Waals surface area contributed by atoms with Gasteiger partial charge in [0.15, 0.2) is 0 Å². The Kier molecular flexibility index (Phi) is 10.1. The van der Waals surface area contributed by atoms with Crippen LogP contribution in [0.3, 0.4) is 0 Å². The Morgan fingerprint density at radius 3 is 2.63 bits per heavy atom. The summed E-state index contributed by atoms with van der Waals surface area (Å²) in [6.07, 6.45) is 5.11. The summed E-state index contributed by atoms with van der Waals surface area (Å²) in [4.78, 5) is 58.1. The molecule has 13 nitrogen and oxygen atoms in total. The molecule has 54 heavy (non-hydrogen) atoms. The Balaban J connectivity index is 0.862. The number of imide groups is 1. The van der Waals surface area contributed by atoms with Crippen molar-refractivity contribution in [3.05, 3.63) is 107 Å². The predicted molar refractivity (Wildman–Crippen MR) is 199 cm³/mol. The summed E-state index contributed by atoms with van der Waals surface area (Å²) < 4.78 is 11.6. The first kappa shape index (κ1) is 35.4. The van der Waals surface area contributed by atoms with Crippen LogP contribution in [0, 0.1) is 5.92 Å². The van der Waals surface area contributed by atoms with Crippen molar-refractivity contribution in [1.29, 1.82) is 0 Å². The van der Waals surface area contributed by atoms with Crippen molar-refractivity contribution in [2.24, 2.45) is 5.92 Å². The number of carbonyl (C=O) groups is 4. The Hall–Kier alpha value is -5.63. The summed E-state index contributed by atoms with van der Waals surface area (Å²) in [5.41, 5.74) is 7.24. The normalized spacial score (nSPS) is 21.9. The molecule has 8 rings (SSSR count). The molecule has 1 aromatic heterocycles. The number of benzene rings is 3. The van der Waals surface area contributed by atoms with E-state index in [0.29, 0.717) is 22.6 Å². The smallest absolute Gasteiger partial charge is 0.255 e. The fourth-order valence-corrected chi connectivity index (χ4v) is 8.28. The molecule has 4 aliphatic heterocycles. The Bertz CT molecular complexity index is 2080. The zero-order valence-corrected chi connectivity index (χ0v) is 29.7. The first-order valence-electron chi connectivity index (χ1n) is 18.4. The first-order valence-corrected chi connectivity index (χ1v) is 18.4. The molecule has 0 radical (unpaired) electrons. The highest BCUT2D eigenvalue weighted by Crippen LogP contribution is 2.48. The van der Waals surface area contributed by atoms with E-state index in [4.69, 9.17) is 9.47 Å². The van der Waals surface area contributed by atoms with E-state index in [0.717, 1.165) is 36.3 Å². The van der Waals surface area contributed by atoms with Gasteiger partial charge in [-0.05, 0) is 90.2 Å². The van der Waals surface area contributed by atoms with Crippen LogP contribution in [0.25, 0.3) is 11.1 Å².